The lowest BCUT2D eigenvalue weighted by Gasteiger charge is -2.05. The van der Waals surface area contributed by atoms with Crippen LogP contribution in [0.2, 0.25) is 0 Å². The standard InChI is InChI=1S/C11H17F3N2OS/c1-2-5-15-10-16-7-9(18-10)8-17-6-3-4-11(12,13)14/h7H,2-6,8H2,1H3,(H,15,16). The molecule has 0 aliphatic rings. The first kappa shape index (κ1) is 15.2. The second-order valence-electron chi connectivity index (χ2n) is 3.83. The first-order chi connectivity index (χ1) is 8.51. The van der Waals surface area contributed by atoms with Crippen molar-refractivity contribution in [1.82, 2.24) is 4.98 Å². The highest BCUT2D eigenvalue weighted by atomic mass is 32.1. The fourth-order valence-electron chi connectivity index (χ4n) is 1.24. The van der Waals surface area contributed by atoms with Crippen molar-refractivity contribution < 1.29 is 17.9 Å². The van der Waals surface area contributed by atoms with Crippen molar-refractivity contribution >= 4 is 16.5 Å². The van der Waals surface area contributed by atoms with Crippen LogP contribution in [0.15, 0.2) is 6.20 Å². The van der Waals surface area contributed by atoms with Gasteiger partial charge < -0.3 is 10.1 Å². The summed E-state index contributed by atoms with van der Waals surface area (Å²) < 4.78 is 40.7. The SMILES string of the molecule is CCCNc1ncc(COCCCC(F)(F)F)s1. The lowest BCUT2D eigenvalue weighted by Crippen LogP contribution is -2.08. The largest absolute Gasteiger partial charge is 0.389 e. The predicted octanol–water partition coefficient (Wildman–Crippen LogP) is 3.82. The highest BCUT2D eigenvalue weighted by molar-refractivity contribution is 7.15. The number of alkyl halides is 3. The summed E-state index contributed by atoms with van der Waals surface area (Å²) in [6.07, 6.45) is -2.18. The molecule has 0 amide bonds. The lowest BCUT2D eigenvalue weighted by molar-refractivity contribution is -0.138. The molecule has 1 aromatic rings. The minimum Gasteiger partial charge on any atom is -0.376 e. The van der Waals surface area contributed by atoms with E-state index in [4.69, 9.17) is 4.74 Å². The highest BCUT2D eigenvalue weighted by Gasteiger charge is 2.25. The normalized spacial score (nSPS) is 11.8. The molecule has 0 aliphatic carbocycles. The van der Waals surface area contributed by atoms with E-state index in [0.717, 1.165) is 23.0 Å². The van der Waals surface area contributed by atoms with Crippen molar-refractivity contribution in [2.24, 2.45) is 0 Å². The Morgan fingerprint density at radius 2 is 2.22 bits per heavy atom. The maximum absolute atomic E-state index is 11.9. The van der Waals surface area contributed by atoms with E-state index in [0.29, 0.717) is 6.61 Å². The summed E-state index contributed by atoms with van der Waals surface area (Å²) in [7, 11) is 0. The quantitative estimate of drug-likeness (QED) is 0.736. The molecule has 7 heteroatoms. The molecule has 18 heavy (non-hydrogen) atoms. The van der Waals surface area contributed by atoms with Crippen LogP contribution in [-0.2, 0) is 11.3 Å². The lowest BCUT2D eigenvalue weighted by atomic mass is 10.3. The van der Waals surface area contributed by atoms with E-state index in [-0.39, 0.29) is 13.0 Å². The topological polar surface area (TPSA) is 34.2 Å². The predicted molar refractivity (Wildman–Crippen MR) is 65.8 cm³/mol. The molecule has 0 spiro atoms. The van der Waals surface area contributed by atoms with Gasteiger partial charge in [-0.05, 0) is 12.8 Å². The molecule has 0 bridgehead atoms. The molecule has 0 atom stereocenters. The smallest absolute Gasteiger partial charge is 0.376 e. The molecule has 1 rings (SSSR count). The molecule has 1 aromatic heterocycles. The monoisotopic (exact) mass is 282 g/mol. The number of hydrogen-bond donors (Lipinski definition) is 1. The summed E-state index contributed by atoms with van der Waals surface area (Å²) in [5.41, 5.74) is 0. The molecule has 0 unspecified atom stereocenters. The van der Waals surface area contributed by atoms with E-state index in [1.807, 2.05) is 0 Å². The zero-order valence-electron chi connectivity index (χ0n) is 10.2. The third kappa shape index (κ3) is 6.80. The third-order valence-electron chi connectivity index (χ3n) is 2.07. The van der Waals surface area contributed by atoms with Gasteiger partial charge in [-0.2, -0.15) is 13.2 Å². The van der Waals surface area contributed by atoms with Crippen molar-refractivity contribution in [2.45, 2.75) is 39.0 Å². The molecule has 0 fully saturated rings. The number of halogens is 3. The molecule has 0 aromatic carbocycles. The van der Waals surface area contributed by atoms with Crippen LogP contribution in [0.1, 0.15) is 31.1 Å². The van der Waals surface area contributed by atoms with Crippen molar-refractivity contribution in [3.8, 4) is 0 Å². The average molecular weight is 282 g/mol. The Hall–Kier alpha value is -0.820. The van der Waals surface area contributed by atoms with Crippen LogP contribution in [0.3, 0.4) is 0 Å². The number of rotatable bonds is 8. The van der Waals surface area contributed by atoms with Gasteiger partial charge in [0.05, 0.1) is 11.5 Å². The van der Waals surface area contributed by atoms with E-state index < -0.39 is 12.6 Å². The number of thiazole rings is 1. The number of anilines is 1. The second-order valence-corrected chi connectivity index (χ2v) is 4.95. The fraction of sp³-hybridized carbons (Fsp3) is 0.727. The Kier molecular flexibility index (Phi) is 6.42. The van der Waals surface area contributed by atoms with Crippen molar-refractivity contribution in [1.29, 1.82) is 0 Å². The van der Waals surface area contributed by atoms with E-state index in [2.05, 4.69) is 17.2 Å². The minimum atomic E-state index is -4.09. The molecule has 0 saturated heterocycles. The maximum Gasteiger partial charge on any atom is 0.389 e. The molecule has 104 valence electrons. The molecule has 1 N–H and O–H groups in total. The Balaban J connectivity index is 2.13. The third-order valence-corrected chi connectivity index (χ3v) is 3.00. The second kappa shape index (κ2) is 7.58. The Morgan fingerprint density at radius 3 is 2.89 bits per heavy atom. The van der Waals surface area contributed by atoms with Crippen LogP contribution in [0, 0.1) is 0 Å². The van der Waals surface area contributed by atoms with Gasteiger partial charge >= 0.3 is 6.18 Å². The molecular formula is C11H17F3N2OS. The van der Waals surface area contributed by atoms with Crippen LogP contribution in [-0.4, -0.2) is 24.3 Å². The number of nitrogens with one attached hydrogen (secondary N) is 1. The van der Waals surface area contributed by atoms with Gasteiger partial charge in [-0.1, -0.05) is 18.3 Å². The first-order valence-corrected chi connectivity index (χ1v) is 6.66. The average Bonchev–Trinajstić information content (AvgIpc) is 2.72. The van der Waals surface area contributed by atoms with E-state index in [9.17, 15) is 13.2 Å². The van der Waals surface area contributed by atoms with Gasteiger partial charge in [0, 0.05) is 25.8 Å². The molecule has 0 aliphatic heterocycles. The zero-order chi connectivity index (χ0) is 13.4. The molecule has 0 radical (unpaired) electrons. The van der Waals surface area contributed by atoms with E-state index >= 15 is 0 Å². The van der Waals surface area contributed by atoms with Gasteiger partial charge in [0.25, 0.3) is 0 Å². The van der Waals surface area contributed by atoms with Crippen molar-refractivity contribution in [3.05, 3.63) is 11.1 Å². The number of nitrogens with zero attached hydrogens (tertiary/aromatic N) is 1. The van der Waals surface area contributed by atoms with Crippen LogP contribution < -0.4 is 5.32 Å². The van der Waals surface area contributed by atoms with Gasteiger partial charge in [-0.15, -0.1) is 0 Å². The summed E-state index contributed by atoms with van der Waals surface area (Å²) in [4.78, 5) is 5.06. The van der Waals surface area contributed by atoms with Crippen LogP contribution >= 0.6 is 11.3 Å². The summed E-state index contributed by atoms with van der Waals surface area (Å²) in [5.74, 6) is 0. The highest BCUT2D eigenvalue weighted by Crippen LogP contribution is 2.22. The number of aromatic nitrogens is 1. The number of hydrogen-bond acceptors (Lipinski definition) is 4. The van der Waals surface area contributed by atoms with Crippen molar-refractivity contribution in [2.75, 3.05) is 18.5 Å². The molecular weight excluding hydrogens is 265 g/mol. The van der Waals surface area contributed by atoms with Crippen molar-refractivity contribution in [3.63, 3.8) is 0 Å². The first-order valence-electron chi connectivity index (χ1n) is 5.84. The summed E-state index contributed by atoms with van der Waals surface area (Å²) in [6, 6.07) is 0. The van der Waals surface area contributed by atoms with Crippen LogP contribution in [0.5, 0.6) is 0 Å². The minimum absolute atomic E-state index is 0.00322. The molecule has 1 heterocycles. The fourth-order valence-corrected chi connectivity index (χ4v) is 2.01. The Labute approximate surface area is 108 Å². The van der Waals surface area contributed by atoms with Gasteiger partial charge in [0.1, 0.15) is 0 Å². The maximum atomic E-state index is 11.9. The van der Waals surface area contributed by atoms with Crippen LogP contribution in [0.25, 0.3) is 0 Å². The van der Waals surface area contributed by atoms with Gasteiger partial charge in [0.2, 0.25) is 0 Å². The summed E-state index contributed by atoms with van der Waals surface area (Å²) >= 11 is 1.47. The zero-order valence-corrected chi connectivity index (χ0v) is 11.0. The van der Waals surface area contributed by atoms with E-state index in [1.165, 1.54) is 11.3 Å². The summed E-state index contributed by atoms with van der Waals surface area (Å²) in [6.45, 7) is 3.36. The van der Waals surface area contributed by atoms with E-state index in [1.54, 1.807) is 6.20 Å². The molecule has 0 saturated carbocycles. The summed E-state index contributed by atoms with van der Waals surface area (Å²) in [5, 5.41) is 3.96. The Morgan fingerprint density at radius 1 is 1.44 bits per heavy atom. The van der Waals surface area contributed by atoms with Gasteiger partial charge in [-0.3, -0.25) is 0 Å². The Bertz CT molecular complexity index is 341. The molecule has 3 nitrogen and oxygen atoms in total. The van der Waals surface area contributed by atoms with Crippen LogP contribution in [0.4, 0.5) is 18.3 Å². The van der Waals surface area contributed by atoms with Gasteiger partial charge in [0.15, 0.2) is 5.13 Å². The number of ether oxygens (including phenoxy) is 1. The van der Waals surface area contributed by atoms with Gasteiger partial charge in [-0.25, -0.2) is 4.98 Å².